The lowest BCUT2D eigenvalue weighted by Crippen LogP contribution is -2.33. The quantitative estimate of drug-likeness (QED) is 0.606. The first-order valence-electron chi connectivity index (χ1n) is 9.63. The van der Waals surface area contributed by atoms with E-state index in [1.165, 1.54) is 17.7 Å². The van der Waals surface area contributed by atoms with Gasteiger partial charge < -0.3 is 4.90 Å². The SMILES string of the molecule is O=S(CCN1CCCc2ccccc21)C(c1ccccc1)c1ccccc1. The highest BCUT2D eigenvalue weighted by Crippen LogP contribution is 2.30. The minimum Gasteiger partial charge on any atom is -0.370 e. The summed E-state index contributed by atoms with van der Waals surface area (Å²) in [7, 11) is -0.980. The van der Waals surface area contributed by atoms with E-state index >= 15 is 0 Å². The number of hydrogen-bond acceptors (Lipinski definition) is 2. The van der Waals surface area contributed by atoms with Gasteiger partial charge in [0, 0.05) is 35.3 Å². The van der Waals surface area contributed by atoms with Crippen molar-refractivity contribution in [2.24, 2.45) is 0 Å². The highest BCUT2D eigenvalue weighted by Gasteiger charge is 2.23. The molecular formula is C24H25NOS. The average Bonchev–Trinajstić information content (AvgIpc) is 2.74. The van der Waals surface area contributed by atoms with Crippen LogP contribution in [0.2, 0.25) is 0 Å². The summed E-state index contributed by atoms with van der Waals surface area (Å²) < 4.78 is 13.4. The van der Waals surface area contributed by atoms with E-state index in [1.54, 1.807) is 0 Å². The molecule has 0 radical (unpaired) electrons. The number of rotatable bonds is 6. The molecule has 2 nitrogen and oxygen atoms in total. The molecule has 1 heterocycles. The van der Waals surface area contributed by atoms with E-state index in [0.717, 1.165) is 30.6 Å². The summed E-state index contributed by atoms with van der Waals surface area (Å²) in [5, 5.41) is -0.0764. The molecule has 0 fully saturated rings. The Labute approximate surface area is 164 Å². The predicted molar refractivity (Wildman–Crippen MR) is 115 cm³/mol. The average molecular weight is 376 g/mol. The highest BCUT2D eigenvalue weighted by atomic mass is 32.2. The summed E-state index contributed by atoms with van der Waals surface area (Å²) in [5.41, 5.74) is 4.98. The minimum absolute atomic E-state index is 0.0764. The van der Waals surface area contributed by atoms with Gasteiger partial charge >= 0.3 is 0 Å². The van der Waals surface area contributed by atoms with Gasteiger partial charge in [0.05, 0.1) is 5.25 Å². The molecule has 0 saturated carbocycles. The number of fused-ring (bicyclic) bond motifs is 1. The maximum Gasteiger partial charge on any atom is 0.0847 e. The third kappa shape index (κ3) is 4.14. The van der Waals surface area contributed by atoms with Crippen LogP contribution in [0.15, 0.2) is 84.9 Å². The van der Waals surface area contributed by atoms with Crippen LogP contribution >= 0.6 is 0 Å². The number of benzene rings is 3. The Morgan fingerprint density at radius 1 is 0.815 bits per heavy atom. The van der Waals surface area contributed by atoms with Crippen LogP contribution in [-0.4, -0.2) is 23.1 Å². The Morgan fingerprint density at radius 3 is 2.07 bits per heavy atom. The molecule has 1 aliphatic heterocycles. The molecule has 1 aliphatic rings. The van der Waals surface area contributed by atoms with Crippen LogP contribution in [-0.2, 0) is 17.2 Å². The van der Waals surface area contributed by atoms with Crippen molar-refractivity contribution in [1.82, 2.24) is 0 Å². The molecule has 138 valence electrons. The van der Waals surface area contributed by atoms with E-state index in [-0.39, 0.29) is 5.25 Å². The van der Waals surface area contributed by atoms with Crippen LogP contribution in [0.3, 0.4) is 0 Å². The van der Waals surface area contributed by atoms with Crippen LogP contribution in [0.25, 0.3) is 0 Å². The zero-order chi connectivity index (χ0) is 18.5. The van der Waals surface area contributed by atoms with Gasteiger partial charge in [-0.25, -0.2) is 0 Å². The number of aryl methyl sites for hydroxylation is 1. The summed E-state index contributed by atoms with van der Waals surface area (Å²) in [5.74, 6) is 0.669. The van der Waals surface area contributed by atoms with Crippen molar-refractivity contribution in [2.75, 3.05) is 23.7 Å². The molecule has 0 N–H and O–H groups in total. The molecule has 3 aromatic rings. The fraction of sp³-hybridized carbons (Fsp3) is 0.250. The second kappa shape index (κ2) is 8.53. The molecule has 0 amide bonds. The van der Waals surface area contributed by atoms with Gasteiger partial charge in [0.1, 0.15) is 0 Å². The van der Waals surface area contributed by atoms with Gasteiger partial charge in [-0.3, -0.25) is 4.21 Å². The Kier molecular flexibility index (Phi) is 5.69. The zero-order valence-corrected chi connectivity index (χ0v) is 16.3. The first kappa shape index (κ1) is 18.0. The molecular weight excluding hydrogens is 350 g/mol. The van der Waals surface area contributed by atoms with Crippen LogP contribution in [0.1, 0.15) is 28.4 Å². The Hall–Kier alpha value is -2.39. The number of hydrogen-bond donors (Lipinski definition) is 0. The maximum absolute atomic E-state index is 13.4. The van der Waals surface area contributed by atoms with Gasteiger partial charge in [-0.05, 0) is 35.6 Å². The Balaban J connectivity index is 1.53. The lowest BCUT2D eigenvalue weighted by molar-refractivity contribution is 0.670. The van der Waals surface area contributed by atoms with Gasteiger partial charge in [-0.1, -0.05) is 78.9 Å². The molecule has 0 aliphatic carbocycles. The Bertz CT molecular complexity index is 855. The van der Waals surface area contributed by atoms with Crippen LogP contribution in [0, 0.1) is 0 Å². The predicted octanol–water partition coefficient (Wildman–Crippen LogP) is 4.98. The first-order chi connectivity index (χ1) is 13.3. The van der Waals surface area contributed by atoms with Crippen molar-refractivity contribution < 1.29 is 4.21 Å². The summed E-state index contributed by atoms with van der Waals surface area (Å²) >= 11 is 0. The van der Waals surface area contributed by atoms with Crippen molar-refractivity contribution in [2.45, 2.75) is 18.1 Å². The number of anilines is 1. The smallest absolute Gasteiger partial charge is 0.0847 e. The van der Waals surface area contributed by atoms with Crippen molar-refractivity contribution in [3.8, 4) is 0 Å². The molecule has 3 aromatic carbocycles. The van der Waals surface area contributed by atoms with Crippen molar-refractivity contribution in [1.29, 1.82) is 0 Å². The second-order valence-electron chi connectivity index (χ2n) is 7.01. The Morgan fingerprint density at radius 2 is 1.41 bits per heavy atom. The molecule has 1 unspecified atom stereocenters. The molecule has 3 heteroatoms. The monoisotopic (exact) mass is 375 g/mol. The van der Waals surface area contributed by atoms with Crippen molar-refractivity contribution in [3.05, 3.63) is 102 Å². The van der Waals surface area contributed by atoms with Crippen molar-refractivity contribution >= 4 is 16.5 Å². The summed E-state index contributed by atoms with van der Waals surface area (Å²) in [6.07, 6.45) is 2.32. The van der Waals surface area contributed by atoms with Gasteiger partial charge in [-0.15, -0.1) is 0 Å². The van der Waals surface area contributed by atoms with E-state index in [1.807, 2.05) is 36.4 Å². The second-order valence-corrected chi connectivity index (χ2v) is 8.65. The fourth-order valence-corrected chi connectivity index (χ4v) is 5.47. The van der Waals surface area contributed by atoms with Gasteiger partial charge in [0.25, 0.3) is 0 Å². The molecule has 4 rings (SSSR count). The summed E-state index contributed by atoms with van der Waals surface area (Å²) in [6.45, 7) is 1.88. The standard InChI is InChI=1S/C24H25NOS/c26-27(19-18-25-17-9-15-20-10-7-8-16-23(20)25)24(21-11-3-1-4-12-21)22-13-5-2-6-14-22/h1-8,10-14,16,24H,9,15,17-19H2. The summed E-state index contributed by atoms with van der Waals surface area (Å²) in [4.78, 5) is 2.41. The first-order valence-corrected chi connectivity index (χ1v) is 11.0. The fourth-order valence-electron chi connectivity index (χ4n) is 3.91. The molecule has 27 heavy (non-hydrogen) atoms. The van der Waals surface area contributed by atoms with Crippen LogP contribution < -0.4 is 4.90 Å². The van der Waals surface area contributed by atoms with Gasteiger partial charge in [0.2, 0.25) is 0 Å². The molecule has 0 spiro atoms. The van der Waals surface area contributed by atoms with E-state index in [4.69, 9.17) is 0 Å². The zero-order valence-electron chi connectivity index (χ0n) is 15.5. The normalized spacial score (nSPS) is 14.8. The topological polar surface area (TPSA) is 20.3 Å². The largest absolute Gasteiger partial charge is 0.370 e. The van der Waals surface area contributed by atoms with Crippen LogP contribution in [0.5, 0.6) is 0 Å². The van der Waals surface area contributed by atoms with Crippen LogP contribution in [0.4, 0.5) is 5.69 Å². The molecule has 0 saturated heterocycles. The third-order valence-electron chi connectivity index (χ3n) is 5.24. The highest BCUT2D eigenvalue weighted by molar-refractivity contribution is 7.85. The van der Waals surface area contributed by atoms with E-state index in [2.05, 4.69) is 53.4 Å². The van der Waals surface area contributed by atoms with Gasteiger partial charge in [0.15, 0.2) is 0 Å². The van der Waals surface area contributed by atoms with E-state index in [0.29, 0.717) is 5.75 Å². The van der Waals surface area contributed by atoms with E-state index in [9.17, 15) is 4.21 Å². The third-order valence-corrected chi connectivity index (χ3v) is 6.89. The van der Waals surface area contributed by atoms with Crippen molar-refractivity contribution in [3.63, 3.8) is 0 Å². The molecule has 0 bridgehead atoms. The lowest BCUT2D eigenvalue weighted by Gasteiger charge is -2.31. The summed E-state index contributed by atoms with van der Waals surface area (Å²) in [6, 6.07) is 29.1. The minimum atomic E-state index is -0.980. The number of para-hydroxylation sites is 1. The van der Waals surface area contributed by atoms with Gasteiger partial charge in [-0.2, -0.15) is 0 Å². The molecule has 0 aromatic heterocycles. The maximum atomic E-state index is 13.4. The van der Waals surface area contributed by atoms with E-state index < -0.39 is 10.8 Å². The lowest BCUT2D eigenvalue weighted by atomic mass is 10.0. The number of nitrogens with zero attached hydrogens (tertiary/aromatic N) is 1. The molecule has 1 atom stereocenters.